The van der Waals surface area contributed by atoms with Gasteiger partial charge in [0.05, 0.1) is 0 Å². The fourth-order valence-electron chi connectivity index (χ4n) is 5.36. The van der Waals surface area contributed by atoms with E-state index in [4.69, 9.17) is 4.42 Å². The maximum absolute atomic E-state index is 13.1. The molecule has 0 spiro atoms. The van der Waals surface area contributed by atoms with Crippen LogP contribution in [0, 0.1) is 19.8 Å². The van der Waals surface area contributed by atoms with Gasteiger partial charge in [-0.3, -0.25) is 9.59 Å². The lowest BCUT2D eigenvalue weighted by molar-refractivity contribution is -0.133. The summed E-state index contributed by atoms with van der Waals surface area (Å²) in [7, 11) is 0. The number of hydrogen-bond donors (Lipinski definition) is 1. The second-order valence-corrected chi connectivity index (χ2v) is 9.08. The molecule has 0 radical (unpaired) electrons. The van der Waals surface area contributed by atoms with E-state index in [1.54, 1.807) is 31.2 Å². The molecule has 0 saturated carbocycles. The molecular weight excluding hydrogens is 408 g/mol. The van der Waals surface area contributed by atoms with Crippen molar-refractivity contribution < 1.29 is 14.3 Å². The molecule has 4 heterocycles. The average molecular weight is 434 g/mol. The first-order valence-corrected chi connectivity index (χ1v) is 11.1. The summed E-state index contributed by atoms with van der Waals surface area (Å²) < 4.78 is 7.35. The van der Waals surface area contributed by atoms with Crippen LogP contribution in [0.25, 0.3) is 11.0 Å². The molecule has 2 bridgehead atoms. The Morgan fingerprint density at radius 2 is 1.91 bits per heavy atom. The second kappa shape index (κ2) is 7.65. The summed E-state index contributed by atoms with van der Waals surface area (Å²) in [5, 5.41) is 10.7. The fourth-order valence-corrected chi connectivity index (χ4v) is 5.36. The van der Waals surface area contributed by atoms with Crippen molar-refractivity contribution in [3.63, 3.8) is 0 Å². The van der Waals surface area contributed by atoms with Crippen LogP contribution < -0.4 is 11.2 Å². The molecule has 1 fully saturated rings. The molecule has 2 unspecified atom stereocenters. The van der Waals surface area contributed by atoms with E-state index in [-0.39, 0.29) is 35.5 Å². The largest absolute Gasteiger partial charge is 0.508 e. The molecule has 2 aromatic heterocycles. The van der Waals surface area contributed by atoms with E-state index in [0.717, 1.165) is 23.1 Å². The van der Waals surface area contributed by atoms with E-state index >= 15 is 0 Å². The SMILES string of the molecule is Cc1c(CCC(=O)N2CC3CC(C2)c2cccc(=O)n2C3)c(=O)oc2c(C)c(O)ccc12. The maximum atomic E-state index is 13.1. The molecule has 7 heteroatoms. The van der Waals surface area contributed by atoms with Crippen molar-refractivity contribution in [2.24, 2.45) is 5.92 Å². The zero-order valence-corrected chi connectivity index (χ0v) is 18.3. The van der Waals surface area contributed by atoms with Crippen molar-refractivity contribution in [2.45, 2.75) is 45.6 Å². The van der Waals surface area contributed by atoms with Crippen LogP contribution in [0.1, 0.15) is 41.1 Å². The summed E-state index contributed by atoms with van der Waals surface area (Å²) in [6, 6.07) is 8.70. The van der Waals surface area contributed by atoms with Gasteiger partial charge in [0.2, 0.25) is 5.91 Å². The van der Waals surface area contributed by atoms with Crippen molar-refractivity contribution >= 4 is 16.9 Å². The van der Waals surface area contributed by atoms with Gasteiger partial charge in [0.15, 0.2) is 0 Å². The monoisotopic (exact) mass is 434 g/mol. The number of rotatable bonds is 3. The smallest absolute Gasteiger partial charge is 0.339 e. The average Bonchev–Trinajstić information content (AvgIpc) is 2.77. The number of fused-ring (bicyclic) bond motifs is 5. The van der Waals surface area contributed by atoms with Gasteiger partial charge >= 0.3 is 5.63 Å². The number of aryl methyl sites for hydroxylation is 2. The third kappa shape index (κ3) is 3.32. The first-order chi connectivity index (χ1) is 15.3. The van der Waals surface area contributed by atoms with Crippen LogP contribution in [-0.4, -0.2) is 33.6 Å². The van der Waals surface area contributed by atoms with Gasteiger partial charge < -0.3 is 19.0 Å². The number of pyridine rings is 1. The highest BCUT2D eigenvalue weighted by Gasteiger charge is 2.36. The van der Waals surface area contributed by atoms with Gasteiger partial charge in [-0.25, -0.2) is 4.79 Å². The molecule has 3 aromatic rings. The van der Waals surface area contributed by atoms with Crippen LogP contribution in [0.3, 0.4) is 0 Å². The second-order valence-electron chi connectivity index (χ2n) is 9.08. The zero-order chi connectivity index (χ0) is 22.6. The number of carbonyl (C=O) groups excluding carboxylic acids is 1. The third-order valence-corrected chi connectivity index (χ3v) is 7.10. The van der Waals surface area contributed by atoms with Crippen molar-refractivity contribution in [3.8, 4) is 5.75 Å². The summed E-state index contributed by atoms with van der Waals surface area (Å²) in [4.78, 5) is 39.8. The van der Waals surface area contributed by atoms with E-state index in [1.807, 2.05) is 22.5 Å². The summed E-state index contributed by atoms with van der Waals surface area (Å²) in [6.45, 7) is 5.45. The van der Waals surface area contributed by atoms with E-state index < -0.39 is 5.63 Å². The first kappa shape index (κ1) is 20.5. The van der Waals surface area contributed by atoms with Crippen molar-refractivity contribution in [1.82, 2.24) is 9.47 Å². The molecule has 32 heavy (non-hydrogen) atoms. The number of likely N-dealkylation sites (tertiary alicyclic amines) is 1. The number of phenolic OH excluding ortho intramolecular Hbond substituents is 1. The molecule has 5 rings (SSSR count). The third-order valence-electron chi connectivity index (χ3n) is 7.10. The summed E-state index contributed by atoms with van der Waals surface area (Å²) in [5.74, 6) is 0.548. The molecule has 1 N–H and O–H groups in total. The number of amides is 1. The highest BCUT2D eigenvalue weighted by molar-refractivity contribution is 5.85. The Labute approximate surface area is 184 Å². The first-order valence-electron chi connectivity index (χ1n) is 11.1. The van der Waals surface area contributed by atoms with E-state index in [0.29, 0.717) is 42.8 Å². The molecule has 1 saturated heterocycles. The fraction of sp³-hybridized carbons (Fsp3) is 0.400. The number of benzene rings is 1. The van der Waals surface area contributed by atoms with Gasteiger partial charge in [-0.15, -0.1) is 0 Å². The van der Waals surface area contributed by atoms with E-state index in [2.05, 4.69) is 0 Å². The number of phenols is 1. The maximum Gasteiger partial charge on any atom is 0.339 e. The predicted octanol–water partition coefficient (Wildman–Crippen LogP) is 2.86. The Morgan fingerprint density at radius 1 is 1.09 bits per heavy atom. The number of piperidine rings is 1. The zero-order valence-electron chi connectivity index (χ0n) is 18.3. The van der Waals surface area contributed by atoms with Crippen molar-refractivity contribution in [3.05, 3.63) is 73.5 Å². The number of aromatic nitrogens is 1. The molecule has 2 atom stereocenters. The van der Waals surface area contributed by atoms with Crippen LogP contribution in [0.15, 0.2) is 44.3 Å². The minimum Gasteiger partial charge on any atom is -0.508 e. The van der Waals surface area contributed by atoms with E-state index in [1.165, 1.54) is 0 Å². The van der Waals surface area contributed by atoms with E-state index in [9.17, 15) is 19.5 Å². The highest BCUT2D eigenvalue weighted by atomic mass is 16.4. The Hall–Kier alpha value is -3.35. The molecule has 2 aliphatic rings. The molecule has 7 nitrogen and oxygen atoms in total. The lowest BCUT2D eigenvalue weighted by atomic mass is 9.83. The molecular formula is C25H26N2O5. The van der Waals surface area contributed by atoms with Gasteiger partial charge in [-0.1, -0.05) is 6.07 Å². The van der Waals surface area contributed by atoms with Gasteiger partial charge in [0.1, 0.15) is 11.3 Å². The topological polar surface area (TPSA) is 92.8 Å². The minimum atomic E-state index is -0.458. The number of nitrogens with zero attached hydrogens (tertiary/aromatic N) is 2. The lowest BCUT2D eigenvalue weighted by Gasteiger charge is -2.42. The molecule has 2 aliphatic heterocycles. The predicted molar refractivity (Wildman–Crippen MR) is 120 cm³/mol. The van der Waals surface area contributed by atoms with Crippen molar-refractivity contribution in [1.29, 1.82) is 0 Å². The summed E-state index contributed by atoms with van der Waals surface area (Å²) in [5.41, 5.74) is 2.79. The van der Waals surface area contributed by atoms with Crippen LogP contribution in [0.4, 0.5) is 0 Å². The lowest BCUT2D eigenvalue weighted by Crippen LogP contribution is -2.49. The van der Waals surface area contributed by atoms with Gasteiger partial charge in [-0.2, -0.15) is 0 Å². The van der Waals surface area contributed by atoms with Gasteiger partial charge in [0, 0.05) is 60.2 Å². The van der Waals surface area contributed by atoms with Crippen LogP contribution in [0.5, 0.6) is 5.75 Å². The van der Waals surface area contributed by atoms with Gasteiger partial charge in [-0.05, 0) is 56.4 Å². The number of hydrogen-bond acceptors (Lipinski definition) is 5. The normalized spacial score (nSPS) is 19.8. The highest BCUT2D eigenvalue weighted by Crippen LogP contribution is 2.35. The Bertz CT molecular complexity index is 1350. The Balaban J connectivity index is 1.35. The van der Waals surface area contributed by atoms with Crippen molar-refractivity contribution in [2.75, 3.05) is 13.1 Å². The standard InChI is InChI=1S/C25H26N2O5/c1-14-18-6-8-21(28)15(2)24(18)32-25(31)19(14)7-9-22(29)26-11-16-10-17(13-26)20-4-3-5-23(30)27(20)12-16/h3-6,8,16-17,28H,7,9-13H2,1-2H3. The number of aromatic hydroxyl groups is 1. The molecule has 166 valence electrons. The summed E-state index contributed by atoms with van der Waals surface area (Å²) >= 11 is 0. The minimum absolute atomic E-state index is 0.0206. The Kier molecular flexibility index (Phi) is 4.92. The Morgan fingerprint density at radius 3 is 2.72 bits per heavy atom. The molecule has 0 aliphatic carbocycles. The number of carbonyl (C=O) groups is 1. The quantitative estimate of drug-likeness (QED) is 0.640. The molecule has 1 amide bonds. The van der Waals surface area contributed by atoms with Crippen LogP contribution in [0.2, 0.25) is 0 Å². The molecule has 1 aromatic carbocycles. The summed E-state index contributed by atoms with van der Waals surface area (Å²) in [6.07, 6.45) is 1.53. The van der Waals surface area contributed by atoms with Gasteiger partial charge in [0.25, 0.3) is 5.56 Å². The van der Waals surface area contributed by atoms with Crippen LogP contribution >= 0.6 is 0 Å². The van der Waals surface area contributed by atoms with Crippen LogP contribution in [-0.2, 0) is 17.8 Å².